The van der Waals surface area contributed by atoms with Crippen LogP contribution in [0.1, 0.15) is 12.8 Å². The van der Waals surface area contributed by atoms with E-state index in [2.05, 4.69) is 4.98 Å². The molecular formula is C11H10N2O3. The predicted octanol–water partition coefficient (Wildman–Crippen LogP) is 2.81. The van der Waals surface area contributed by atoms with Crippen LogP contribution in [0.2, 0.25) is 0 Å². The fourth-order valence-electron chi connectivity index (χ4n) is 1.35. The summed E-state index contributed by atoms with van der Waals surface area (Å²) in [7, 11) is 0. The fourth-order valence-corrected chi connectivity index (χ4v) is 1.35. The van der Waals surface area contributed by atoms with Crippen molar-refractivity contribution in [2.24, 2.45) is 0 Å². The van der Waals surface area contributed by atoms with Gasteiger partial charge in [0.25, 0.3) is 5.69 Å². The second-order valence-electron chi connectivity index (χ2n) is 3.28. The zero-order valence-electron chi connectivity index (χ0n) is 8.71. The molecule has 5 heteroatoms. The number of benzene rings is 1. The smallest absolute Gasteiger partial charge is 0.269 e. The van der Waals surface area contributed by atoms with E-state index in [-0.39, 0.29) is 5.69 Å². The Morgan fingerprint density at radius 3 is 2.56 bits per heavy atom. The Kier molecular flexibility index (Phi) is 2.68. The van der Waals surface area contributed by atoms with Crippen LogP contribution in [-0.2, 0) is 6.42 Å². The van der Waals surface area contributed by atoms with Crippen LogP contribution in [0.4, 0.5) is 5.69 Å². The number of nitro benzene ring substituents is 1. The topological polar surface area (TPSA) is 69.2 Å². The van der Waals surface area contributed by atoms with E-state index < -0.39 is 4.92 Å². The van der Waals surface area contributed by atoms with E-state index in [0.717, 1.165) is 12.0 Å². The van der Waals surface area contributed by atoms with E-state index >= 15 is 0 Å². The lowest BCUT2D eigenvalue weighted by molar-refractivity contribution is -0.384. The average molecular weight is 218 g/mol. The van der Waals surface area contributed by atoms with E-state index in [4.69, 9.17) is 4.42 Å². The quantitative estimate of drug-likeness (QED) is 0.586. The molecule has 0 saturated carbocycles. The van der Waals surface area contributed by atoms with Crippen LogP contribution in [0, 0.1) is 10.1 Å². The van der Waals surface area contributed by atoms with Crippen molar-refractivity contribution in [3.05, 3.63) is 46.5 Å². The molecule has 2 rings (SSSR count). The van der Waals surface area contributed by atoms with Crippen molar-refractivity contribution < 1.29 is 9.34 Å². The molecule has 2 aromatic rings. The zero-order chi connectivity index (χ0) is 11.5. The minimum Gasteiger partial charge on any atom is -0.441 e. The maximum absolute atomic E-state index is 10.5. The lowest BCUT2D eigenvalue weighted by Crippen LogP contribution is -1.86. The Labute approximate surface area is 91.9 Å². The van der Waals surface area contributed by atoms with Crippen molar-refractivity contribution >= 4 is 5.69 Å². The molecule has 0 aliphatic heterocycles. The van der Waals surface area contributed by atoms with Gasteiger partial charge in [-0.05, 0) is 12.1 Å². The Balaban J connectivity index is 2.30. The third kappa shape index (κ3) is 1.93. The maximum Gasteiger partial charge on any atom is 0.269 e. The van der Waals surface area contributed by atoms with E-state index in [1.54, 1.807) is 18.3 Å². The maximum atomic E-state index is 10.5. The normalized spacial score (nSPS) is 10.3. The minimum absolute atomic E-state index is 0.0685. The van der Waals surface area contributed by atoms with Gasteiger partial charge in [0.05, 0.1) is 11.1 Å². The monoisotopic (exact) mass is 218 g/mol. The molecule has 0 unspecified atom stereocenters. The number of oxazole rings is 1. The van der Waals surface area contributed by atoms with Crippen LogP contribution >= 0.6 is 0 Å². The number of hydrogen-bond donors (Lipinski definition) is 0. The molecule has 82 valence electrons. The number of nitrogens with zero attached hydrogens (tertiary/aromatic N) is 2. The third-order valence-electron chi connectivity index (χ3n) is 2.22. The van der Waals surface area contributed by atoms with E-state index in [0.29, 0.717) is 11.7 Å². The second kappa shape index (κ2) is 4.14. The molecule has 0 atom stereocenters. The summed E-state index contributed by atoms with van der Waals surface area (Å²) in [6, 6.07) is 6.20. The van der Waals surface area contributed by atoms with Gasteiger partial charge in [0.2, 0.25) is 0 Å². The molecule has 0 fully saturated rings. The lowest BCUT2D eigenvalue weighted by atomic mass is 10.2. The molecule has 0 saturated heterocycles. The SMILES string of the molecule is CCc1ncc(-c2ccc([N+](=O)[O-])cc2)o1. The number of aromatic nitrogens is 1. The zero-order valence-corrected chi connectivity index (χ0v) is 8.71. The summed E-state index contributed by atoms with van der Waals surface area (Å²) < 4.78 is 5.44. The van der Waals surface area contributed by atoms with Crippen LogP contribution in [0.15, 0.2) is 34.9 Å². The van der Waals surface area contributed by atoms with Crippen molar-refractivity contribution in [2.45, 2.75) is 13.3 Å². The van der Waals surface area contributed by atoms with Crippen molar-refractivity contribution in [2.75, 3.05) is 0 Å². The summed E-state index contributed by atoms with van der Waals surface area (Å²) in [6.45, 7) is 1.95. The predicted molar refractivity (Wildman–Crippen MR) is 58.0 cm³/mol. The van der Waals surface area contributed by atoms with Gasteiger partial charge in [0.1, 0.15) is 0 Å². The molecule has 0 amide bonds. The number of hydrogen-bond acceptors (Lipinski definition) is 4. The highest BCUT2D eigenvalue weighted by Gasteiger charge is 2.08. The largest absolute Gasteiger partial charge is 0.441 e. The third-order valence-corrected chi connectivity index (χ3v) is 2.22. The number of aryl methyl sites for hydroxylation is 1. The fraction of sp³-hybridized carbons (Fsp3) is 0.182. The van der Waals surface area contributed by atoms with E-state index in [9.17, 15) is 10.1 Å². The van der Waals surface area contributed by atoms with Crippen LogP contribution in [0.25, 0.3) is 11.3 Å². The minimum atomic E-state index is -0.429. The van der Waals surface area contributed by atoms with Crippen LogP contribution in [0.3, 0.4) is 0 Å². The molecule has 1 aromatic carbocycles. The van der Waals surface area contributed by atoms with Gasteiger partial charge in [0, 0.05) is 24.1 Å². The molecule has 0 radical (unpaired) electrons. The molecule has 1 aromatic heterocycles. The first-order chi connectivity index (χ1) is 7.70. The van der Waals surface area contributed by atoms with Gasteiger partial charge in [-0.25, -0.2) is 4.98 Å². The molecule has 0 spiro atoms. The highest BCUT2D eigenvalue weighted by Crippen LogP contribution is 2.23. The molecule has 1 heterocycles. The van der Waals surface area contributed by atoms with Crippen molar-refractivity contribution in [1.82, 2.24) is 4.98 Å². The van der Waals surface area contributed by atoms with Crippen molar-refractivity contribution in [3.63, 3.8) is 0 Å². The van der Waals surface area contributed by atoms with Crippen LogP contribution in [-0.4, -0.2) is 9.91 Å². The summed E-state index contributed by atoms with van der Waals surface area (Å²) in [5.74, 6) is 1.29. The first-order valence-corrected chi connectivity index (χ1v) is 4.90. The van der Waals surface area contributed by atoms with Crippen LogP contribution in [0.5, 0.6) is 0 Å². The van der Waals surface area contributed by atoms with Gasteiger partial charge in [-0.3, -0.25) is 10.1 Å². The Morgan fingerprint density at radius 2 is 2.06 bits per heavy atom. The van der Waals surface area contributed by atoms with Gasteiger partial charge in [0.15, 0.2) is 11.7 Å². The Morgan fingerprint density at radius 1 is 1.38 bits per heavy atom. The van der Waals surface area contributed by atoms with Gasteiger partial charge in [-0.2, -0.15) is 0 Å². The Bertz CT molecular complexity index is 502. The van der Waals surface area contributed by atoms with Crippen molar-refractivity contribution in [1.29, 1.82) is 0 Å². The summed E-state index contributed by atoms with van der Waals surface area (Å²) in [5.41, 5.74) is 0.858. The summed E-state index contributed by atoms with van der Waals surface area (Å²) >= 11 is 0. The first-order valence-electron chi connectivity index (χ1n) is 4.90. The standard InChI is InChI=1S/C11H10N2O3/c1-2-11-12-7-10(16-11)8-3-5-9(6-4-8)13(14)15/h3-7H,2H2,1H3. The molecule has 0 aliphatic carbocycles. The second-order valence-corrected chi connectivity index (χ2v) is 3.28. The number of non-ortho nitro benzene ring substituents is 1. The lowest BCUT2D eigenvalue weighted by Gasteiger charge is -1.95. The highest BCUT2D eigenvalue weighted by atomic mass is 16.6. The molecular weight excluding hydrogens is 208 g/mol. The van der Waals surface area contributed by atoms with Crippen molar-refractivity contribution in [3.8, 4) is 11.3 Å². The summed E-state index contributed by atoms with van der Waals surface area (Å²) in [6.07, 6.45) is 2.35. The average Bonchev–Trinajstić information content (AvgIpc) is 2.77. The summed E-state index contributed by atoms with van der Waals surface area (Å²) in [5, 5.41) is 10.5. The molecule has 5 nitrogen and oxygen atoms in total. The summed E-state index contributed by atoms with van der Waals surface area (Å²) in [4.78, 5) is 14.1. The highest BCUT2D eigenvalue weighted by molar-refractivity contribution is 5.58. The number of nitro groups is 1. The molecule has 16 heavy (non-hydrogen) atoms. The van der Waals surface area contributed by atoms with E-state index in [1.165, 1.54) is 12.1 Å². The van der Waals surface area contributed by atoms with E-state index in [1.807, 2.05) is 6.92 Å². The Hall–Kier alpha value is -2.17. The first kappa shape index (κ1) is 10.4. The van der Waals surface area contributed by atoms with Gasteiger partial charge in [-0.15, -0.1) is 0 Å². The molecule has 0 aliphatic rings. The van der Waals surface area contributed by atoms with Gasteiger partial charge in [-0.1, -0.05) is 6.92 Å². The molecule has 0 bridgehead atoms. The van der Waals surface area contributed by atoms with Crippen LogP contribution < -0.4 is 0 Å². The number of rotatable bonds is 3. The molecule has 0 N–H and O–H groups in total. The van der Waals surface area contributed by atoms with Gasteiger partial charge >= 0.3 is 0 Å². The van der Waals surface area contributed by atoms with Gasteiger partial charge < -0.3 is 4.42 Å².